The molecule has 0 aliphatic heterocycles. The highest BCUT2D eigenvalue weighted by atomic mass is 32.3. The van der Waals surface area contributed by atoms with E-state index in [4.69, 9.17) is 0 Å². The van der Waals surface area contributed by atoms with Gasteiger partial charge in [-0.1, -0.05) is 0 Å². The first-order chi connectivity index (χ1) is 8.07. The molecule has 0 amide bonds. The Balaban J connectivity index is 3.55. The quantitative estimate of drug-likeness (QED) is 0.778. The Morgan fingerprint density at radius 1 is 1.11 bits per heavy atom. The summed E-state index contributed by atoms with van der Waals surface area (Å²) in [4.78, 5) is 10.6. The van der Waals surface area contributed by atoms with E-state index in [9.17, 15) is 26.7 Å². The molecule has 1 aromatic carbocycles. The van der Waals surface area contributed by atoms with Crippen molar-refractivity contribution < 1.29 is 26.7 Å². The number of aromatic hydroxyl groups is 1. The molecule has 0 bridgehead atoms. The lowest BCUT2D eigenvalue weighted by molar-refractivity contribution is 0.112. The zero-order valence-corrected chi connectivity index (χ0v) is 11.2. The largest absolute Gasteiger partial charge is 0.507 e. The van der Waals surface area contributed by atoms with Crippen LogP contribution in [0.25, 0.3) is 0 Å². The summed E-state index contributed by atoms with van der Waals surface area (Å²) in [5, 5.41) is 9.27. The van der Waals surface area contributed by atoms with E-state index < -0.39 is 20.0 Å². The Morgan fingerprint density at radius 2 is 1.61 bits per heavy atom. The average Bonchev–Trinajstić information content (AvgIpc) is 2.16. The molecule has 9 heteroatoms. The molecule has 0 spiro atoms. The van der Waals surface area contributed by atoms with Gasteiger partial charge >= 0.3 is 0 Å². The lowest BCUT2D eigenvalue weighted by atomic mass is 10.2. The van der Waals surface area contributed by atoms with Crippen molar-refractivity contribution in [3.05, 3.63) is 23.8 Å². The van der Waals surface area contributed by atoms with Crippen LogP contribution in [0.4, 0.5) is 5.69 Å². The third-order valence-electron chi connectivity index (χ3n) is 1.95. The second-order valence-corrected chi connectivity index (χ2v) is 7.48. The third-order valence-corrected chi connectivity index (χ3v) is 5.20. The number of carbonyl (C=O) groups is 1. The fourth-order valence-corrected chi connectivity index (χ4v) is 4.34. The summed E-state index contributed by atoms with van der Waals surface area (Å²) in [5.41, 5.74) is -0.440. The normalized spacial score (nSPS) is 12.1. The van der Waals surface area contributed by atoms with E-state index in [0.29, 0.717) is 6.29 Å². The van der Waals surface area contributed by atoms with Gasteiger partial charge in [-0.2, -0.15) is 3.71 Å². The molecule has 0 radical (unpaired) electrons. The molecule has 1 aromatic rings. The zero-order valence-electron chi connectivity index (χ0n) is 9.56. The Bertz CT molecular complexity index is 645. The maximum Gasteiger partial charge on any atom is 0.245 e. The number of sulfonamides is 2. The molecule has 0 saturated heterocycles. The van der Waals surface area contributed by atoms with Gasteiger partial charge in [-0.05, 0) is 18.2 Å². The summed E-state index contributed by atoms with van der Waals surface area (Å²) >= 11 is 0. The fourth-order valence-electron chi connectivity index (χ4n) is 1.38. The molecule has 18 heavy (non-hydrogen) atoms. The first-order valence-corrected chi connectivity index (χ1v) is 8.25. The smallest absolute Gasteiger partial charge is 0.245 e. The summed E-state index contributed by atoms with van der Waals surface area (Å²) in [6.45, 7) is 0. The van der Waals surface area contributed by atoms with E-state index in [1.807, 2.05) is 0 Å². The molecular weight excluding hydrogens is 282 g/mol. The van der Waals surface area contributed by atoms with Crippen LogP contribution >= 0.6 is 0 Å². The van der Waals surface area contributed by atoms with E-state index in [1.54, 1.807) is 0 Å². The van der Waals surface area contributed by atoms with Gasteiger partial charge in [0.05, 0.1) is 23.8 Å². The minimum absolute atomic E-state index is 0.187. The predicted molar refractivity (Wildman–Crippen MR) is 65.7 cm³/mol. The monoisotopic (exact) mass is 293 g/mol. The van der Waals surface area contributed by atoms with Gasteiger partial charge in [0.1, 0.15) is 5.75 Å². The number of anilines is 1. The number of rotatable bonds is 4. The number of phenolic OH excluding ortho intramolecular Hbond substituents is 1. The molecule has 1 N–H and O–H groups in total. The number of carbonyl (C=O) groups excluding carboxylic acids is 1. The van der Waals surface area contributed by atoms with Crippen LogP contribution in [-0.4, -0.2) is 40.7 Å². The van der Waals surface area contributed by atoms with Gasteiger partial charge in [0.25, 0.3) is 0 Å². The maximum absolute atomic E-state index is 11.5. The Morgan fingerprint density at radius 3 is 2.00 bits per heavy atom. The van der Waals surface area contributed by atoms with Crippen molar-refractivity contribution in [2.75, 3.05) is 16.2 Å². The second-order valence-electron chi connectivity index (χ2n) is 3.58. The molecule has 0 atom stereocenters. The van der Waals surface area contributed by atoms with E-state index >= 15 is 0 Å². The number of phenols is 1. The summed E-state index contributed by atoms with van der Waals surface area (Å²) in [6, 6.07) is 3.11. The number of hydrogen-bond donors (Lipinski definition) is 1. The van der Waals surface area contributed by atoms with Crippen LogP contribution in [0.5, 0.6) is 5.75 Å². The number of benzene rings is 1. The predicted octanol–water partition coefficient (Wildman–Crippen LogP) is -0.0697. The number of aldehydes is 1. The average molecular weight is 293 g/mol. The van der Waals surface area contributed by atoms with Gasteiger partial charge in [0.2, 0.25) is 20.0 Å². The highest BCUT2D eigenvalue weighted by Gasteiger charge is 2.27. The summed E-state index contributed by atoms with van der Waals surface area (Å²) in [6.07, 6.45) is 1.74. The van der Waals surface area contributed by atoms with Crippen LogP contribution in [0.3, 0.4) is 0 Å². The molecule has 0 aromatic heterocycles. The molecule has 0 aliphatic carbocycles. The van der Waals surface area contributed by atoms with Gasteiger partial charge in [-0.25, -0.2) is 16.8 Å². The molecule has 7 nitrogen and oxygen atoms in total. The van der Waals surface area contributed by atoms with Gasteiger partial charge in [0, 0.05) is 0 Å². The number of nitrogens with zero attached hydrogens (tertiary/aromatic N) is 1. The topological polar surface area (TPSA) is 109 Å². The Labute approximate surface area is 105 Å². The van der Waals surface area contributed by atoms with E-state index in [2.05, 4.69) is 0 Å². The minimum atomic E-state index is -4.07. The highest BCUT2D eigenvalue weighted by Crippen LogP contribution is 2.26. The highest BCUT2D eigenvalue weighted by molar-refractivity contribution is 8.09. The Hall–Kier alpha value is -1.61. The molecule has 0 aliphatic rings. The molecule has 100 valence electrons. The van der Waals surface area contributed by atoms with Crippen molar-refractivity contribution in [2.45, 2.75) is 0 Å². The second kappa shape index (κ2) is 4.58. The van der Waals surface area contributed by atoms with Crippen LogP contribution in [0.1, 0.15) is 10.4 Å². The van der Waals surface area contributed by atoms with Crippen molar-refractivity contribution in [3.63, 3.8) is 0 Å². The van der Waals surface area contributed by atoms with Crippen molar-refractivity contribution in [3.8, 4) is 5.75 Å². The van der Waals surface area contributed by atoms with Crippen LogP contribution < -0.4 is 3.71 Å². The maximum atomic E-state index is 11.5. The first kappa shape index (κ1) is 14.5. The molecule has 0 saturated carbocycles. The molecule has 0 fully saturated rings. The van der Waals surface area contributed by atoms with Crippen molar-refractivity contribution >= 4 is 32.0 Å². The fraction of sp³-hybridized carbons (Fsp3) is 0.222. The minimum Gasteiger partial charge on any atom is -0.507 e. The number of hydrogen-bond acceptors (Lipinski definition) is 6. The van der Waals surface area contributed by atoms with E-state index in [1.165, 1.54) is 0 Å². The van der Waals surface area contributed by atoms with Gasteiger partial charge < -0.3 is 5.11 Å². The molecule has 1 rings (SSSR count). The van der Waals surface area contributed by atoms with Crippen LogP contribution in [0.2, 0.25) is 0 Å². The first-order valence-electron chi connectivity index (χ1n) is 4.56. The van der Waals surface area contributed by atoms with Gasteiger partial charge in [-0.3, -0.25) is 4.79 Å². The van der Waals surface area contributed by atoms with E-state index in [-0.39, 0.29) is 20.7 Å². The molecule has 0 heterocycles. The van der Waals surface area contributed by atoms with Crippen molar-refractivity contribution in [1.29, 1.82) is 0 Å². The van der Waals surface area contributed by atoms with Gasteiger partial charge in [0.15, 0.2) is 6.29 Å². The lowest BCUT2D eigenvalue weighted by Gasteiger charge is -2.20. The van der Waals surface area contributed by atoms with Crippen LogP contribution in [-0.2, 0) is 20.0 Å². The third kappa shape index (κ3) is 2.99. The van der Waals surface area contributed by atoms with Gasteiger partial charge in [-0.15, -0.1) is 0 Å². The summed E-state index contributed by atoms with van der Waals surface area (Å²) < 4.78 is 46.0. The van der Waals surface area contributed by atoms with Crippen LogP contribution in [0.15, 0.2) is 18.2 Å². The summed E-state index contributed by atoms with van der Waals surface area (Å²) in [5.74, 6) is -0.365. The van der Waals surface area contributed by atoms with E-state index in [0.717, 1.165) is 30.7 Å². The Kier molecular flexibility index (Phi) is 3.67. The molecule has 0 unspecified atom stereocenters. The van der Waals surface area contributed by atoms with Crippen LogP contribution in [0, 0.1) is 0 Å². The lowest BCUT2D eigenvalue weighted by Crippen LogP contribution is -2.35. The molecular formula is C9H11NO6S2. The standard InChI is InChI=1S/C9H11NO6S2/c1-17(13,14)10(18(2,15)16)8-3-4-9(12)7(5-8)6-11/h3-6,12H,1-2H3. The zero-order chi connectivity index (χ0) is 14.1. The van der Waals surface area contributed by atoms with Crippen molar-refractivity contribution in [1.82, 2.24) is 0 Å². The summed E-state index contributed by atoms with van der Waals surface area (Å²) in [7, 11) is -8.13. The van der Waals surface area contributed by atoms with Crippen molar-refractivity contribution in [2.24, 2.45) is 0 Å². The SMILES string of the molecule is CS(=O)(=O)N(c1ccc(O)c(C=O)c1)S(C)(=O)=O.